The molecule has 15 heavy (non-hydrogen) atoms. The van der Waals surface area contributed by atoms with Gasteiger partial charge in [-0.05, 0) is 41.2 Å². The number of methoxy groups -OCH3 is 1. The molecule has 0 aromatic carbocycles. The highest BCUT2D eigenvalue weighted by Crippen LogP contribution is 2.30. The van der Waals surface area contributed by atoms with E-state index in [0.717, 1.165) is 9.35 Å². The SMILES string of the molecule is COC(C)OCOC(C)c1ccsc1Br. The Bertz CT molecular complexity index is 290. The Morgan fingerprint density at radius 2 is 2.13 bits per heavy atom. The minimum absolute atomic E-state index is 0.0229. The third kappa shape index (κ3) is 4.20. The molecule has 0 amide bonds. The van der Waals surface area contributed by atoms with Crippen molar-refractivity contribution < 1.29 is 14.2 Å². The summed E-state index contributed by atoms with van der Waals surface area (Å²) in [5.74, 6) is 0. The zero-order chi connectivity index (χ0) is 11.3. The molecule has 3 nitrogen and oxygen atoms in total. The standard InChI is InChI=1S/C10H15BrO3S/c1-7(9-4-5-15-10(9)11)13-6-14-8(2)12-3/h4-5,7-8H,6H2,1-3H3. The highest BCUT2D eigenvalue weighted by molar-refractivity contribution is 9.11. The van der Waals surface area contributed by atoms with Crippen LogP contribution in [0.4, 0.5) is 0 Å². The summed E-state index contributed by atoms with van der Waals surface area (Å²) in [5, 5.41) is 2.03. The van der Waals surface area contributed by atoms with E-state index in [9.17, 15) is 0 Å². The summed E-state index contributed by atoms with van der Waals surface area (Å²) in [4.78, 5) is 0. The molecule has 1 aromatic rings. The van der Waals surface area contributed by atoms with E-state index in [1.54, 1.807) is 18.4 Å². The van der Waals surface area contributed by atoms with E-state index in [4.69, 9.17) is 14.2 Å². The van der Waals surface area contributed by atoms with E-state index in [1.807, 2.05) is 25.3 Å². The molecule has 0 saturated carbocycles. The molecule has 0 spiro atoms. The molecule has 0 N–H and O–H groups in total. The molecule has 0 radical (unpaired) electrons. The van der Waals surface area contributed by atoms with Gasteiger partial charge in [0.05, 0.1) is 9.89 Å². The molecule has 86 valence electrons. The van der Waals surface area contributed by atoms with Gasteiger partial charge in [-0.15, -0.1) is 11.3 Å². The van der Waals surface area contributed by atoms with Gasteiger partial charge in [-0.3, -0.25) is 0 Å². The van der Waals surface area contributed by atoms with E-state index in [-0.39, 0.29) is 19.2 Å². The molecule has 0 aliphatic heterocycles. The number of halogens is 1. The van der Waals surface area contributed by atoms with Gasteiger partial charge in [0.1, 0.15) is 0 Å². The van der Waals surface area contributed by atoms with Crippen LogP contribution in [0.3, 0.4) is 0 Å². The van der Waals surface area contributed by atoms with Crippen molar-refractivity contribution in [2.24, 2.45) is 0 Å². The maximum atomic E-state index is 5.51. The first-order chi connectivity index (χ1) is 7.15. The van der Waals surface area contributed by atoms with Crippen molar-refractivity contribution in [1.29, 1.82) is 0 Å². The normalized spacial score (nSPS) is 15.2. The van der Waals surface area contributed by atoms with Crippen molar-refractivity contribution in [3.05, 3.63) is 20.8 Å². The smallest absolute Gasteiger partial charge is 0.157 e. The largest absolute Gasteiger partial charge is 0.356 e. The van der Waals surface area contributed by atoms with Gasteiger partial charge >= 0.3 is 0 Å². The van der Waals surface area contributed by atoms with Crippen LogP contribution in [0, 0.1) is 0 Å². The van der Waals surface area contributed by atoms with Crippen LogP contribution in [0.1, 0.15) is 25.5 Å². The topological polar surface area (TPSA) is 27.7 Å². The molecule has 0 aliphatic carbocycles. The predicted octanol–water partition coefficient (Wildman–Crippen LogP) is 3.55. The number of thiophene rings is 1. The Hall–Kier alpha value is 0.0600. The molecule has 1 rings (SSSR count). The fraction of sp³-hybridized carbons (Fsp3) is 0.600. The quantitative estimate of drug-likeness (QED) is 0.751. The minimum atomic E-state index is -0.233. The van der Waals surface area contributed by atoms with Crippen molar-refractivity contribution in [1.82, 2.24) is 0 Å². The molecule has 1 aromatic heterocycles. The van der Waals surface area contributed by atoms with Crippen LogP contribution < -0.4 is 0 Å². The molecule has 0 bridgehead atoms. The van der Waals surface area contributed by atoms with Gasteiger partial charge in [-0.1, -0.05) is 0 Å². The molecule has 0 aliphatic rings. The van der Waals surface area contributed by atoms with Gasteiger partial charge in [0, 0.05) is 12.7 Å². The van der Waals surface area contributed by atoms with Crippen LogP contribution in [-0.2, 0) is 14.2 Å². The summed E-state index contributed by atoms with van der Waals surface area (Å²) in [5.41, 5.74) is 1.15. The Kier molecular flexibility index (Phi) is 5.78. The van der Waals surface area contributed by atoms with Gasteiger partial charge in [0.25, 0.3) is 0 Å². The monoisotopic (exact) mass is 294 g/mol. The van der Waals surface area contributed by atoms with Crippen LogP contribution in [0.5, 0.6) is 0 Å². The third-order valence-corrected chi connectivity index (χ3v) is 3.77. The zero-order valence-electron chi connectivity index (χ0n) is 9.03. The third-order valence-electron chi connectivity index (χ3n) is 2.04. The van der Waals surface area contributed by atoms with Crippen molar-refractivity contribution in [2.75, 3.05) is 13.9 Å². The Morgan fingerprint density at radius 1 is 1.40 bits per heavy atom. The van der Waals surface area contributed by atoms with Gasteiger partial charge in [0.15, 0.2) is 13.1 Å². The fourth-order valence-electron chi connectivity index (χ4n) is 0.991. The lowest BCUT2D eigenvalue weighted by atomic mass is 10.2. The Labute approximate surface area is 102 Å². The molecular formula is C10H15BrO3S. The van der Waals surface area contributed by atoms with Gasteiger partial charge in [-0.25, -0.2) is 0 Å². The Balaban J connectivity index is 2.31. The van der Waals surface area contributed by atoms with Gasteiger partial charge in [-0.2, -0.15) is 0 Å². The second-order valence-electron chi connectivity index (χ2n) is 3.05. The summed E-state index contributed by atoms with van der Waals surface area (Å²) in [6.45, 7) is 4.06. The van der Waals surface area contributed by atoms with E-state index >= 15 is 0 Å². The van der Waals surface area contributed by atoms with E-state index in [0.29, 0.717) is 0 Å². The number of rotatable bonds is 6. The van der Waals surface area contributed by atoms with Gasteiger partial charge < -0.3 is 14.2 Å². The lowest BCUT2D eigenvalue weighted by Gasteiger charge is -2.15. The molecule has 0 fully saturated rings. The van der Waals surface area contributed by atoms with Crippen molar-refractivity contribution in [3.63, 3.8) is 0 Å². The second kappa shape index (κ2) is 6.60. The van der Waals surface area contributed by atoms with E-state index in [2.05, 4.69) is 15.9 Å². The molecule has 5 heteroatoms. The summed E-state index contributed by atoms with van der Waals surface area (Å²) < 4.78 is 16.8. The van der Waals surface area contributed by atoms with Crippen molar-refractivity contribution in [3.8, 4) is 0 Å². The van der Waals surface area contributed by atoms with Crippen LogP contribution >= 0.6 is 27.3 Å². The summed E-state index contributed by atoms with van der Waals surface area (Å²) >= 11 is 5.12. The maximum absolute atomic E-state index is 5.51. The first-order valence-electron chi connectivity index (χ1n) is 4.64. The summed E-state index contributed by atoms with van der Waals surface area (Å²) in [7, 11) is 1.60. The molecular weight excluding hydrogens is 280 g/mol. The fourth-order valence-corrected chi connectivity index (χ4v) is 2.47. The lowest BCUT2D eigenvalue weighted by Crippen LogP contribution is -2.14. The number of hydrogen-bond acceptors (Lipinski definition) is 4. The van der Waals surface area contributed by atoms with Crippen molar-refractivity contribution >= 4 is 27.3 Å². The van der Waals surface area contributed by atoms with Crippen LogP contribution in [0.25, 0.3) is 0 Å². The van der Waals surface area contributed by atoms with Crippen LogP contribution in [-0.4, -0.2) is 20.2 Å². The second-order valence-corrected chi connectivity index (χ2v) is 5.28. The average molecular weight is 295 g/mol. The molecule has 2 unspecified atom stereocenters. The summed E-state index contributed by atoms with van der Waals surface area (Å²) in [6, 6.07) is 2.04. The first kappa shape index (κ1) is 13.1. The molecule has 2 atom stereocenters. The van der Waals surface area contributed by atoms with E-state index in [1.165, 1.54) is 0 Å². The van der Waals surface area contributed by atoms with Crippen LogP contribution in [0.2, 0.25) is 0 Å². The number of ether oxygens (including phenoxy) is 3. The lowest BCUT2D eigenvalue weighted by molar-refractivity contribution is -0.186. The average Bonchev–Trinajstić information content (AvgIpc) is 2.64. The first-order valence-corrected chi connectivity index (χ1v) is 6.31. The minimum Gasteiger partial charge on any atom is -0.356 e. The molecule has 1 heterocycles. The number of hydrogen-bond donors (Lipinski definition) is 0. The zero-order valence-corrected chi connectivity index (χ0v) is 11.4. The maximum Gasteiger partial charge on any atom is 0.157 e. The van der Waals surface area contributed by atoms with E-state index < -0.39 is 0 Å². The van der Waals surface area contributed by atoms with Crippen LogP contribution in [0.15, 0.2) is 15.2 Å². The Morgan fingerprint density at radius 3 is 2.67 bits per heavy atom. The predicted molar refractivity (Wildman–Crippen MR) is 63.9 cm³/mol. The van der Waals surface area contributed by atoms with Crippen molar-refractivity contribution in [2.45, 2.75) is 26.2 Å². The highest BCUT2D eigenvalue weighted by Gasteiger charge is 2.11. The molecule has 0 saturated heterocycles. The van der Waals surface area contributed by atoms with Gasteiger partial charge in [0.2, 0.25) is 0 Å². The summed E-state index contributed by atoms with van der Waals surface area (Å²) in [6.07, 6.45) is -0.210. The highest BCUT2D eigenvalue weighted by atomic mass is 79.9.